The zero-order valence-corrected chi connectivity index (χ0v) is 15.9. The molecule has 1 aromatic rings. The second kappa shape index (κ2) is 7.55. The Balaban J connectivity index is 2.37. The van der Waals surface area contributed by atoms with Gasteiger partial charge in [-0.15, -0.1) is 0 Å². The van der Waals surface area contributed by atoms with E-state index in [1.54, 1.807) is 6.92 Å². The highest BCUT2D eigenvalue weighted by Gasteiger charge is 2.33. The molecule has 0 spiro atoms. The van der Waals surface area contributed by atoms with Gasteiger partial charge in [-0.25, -0.2) is 8.42 Å². The van der Waals surface area contributed by atoms with Crippen molar-refractivity contribution in [1.29, 1.82) is 0 Å². The number of amides is 1. The van der Waals surface area contributed by atoms with Gasteiger partial charge in [-0.3, -0.25) is 9.10 Å². The van der Waals surface area contributed by atoms with Gasteiger partial charge in [0.15, 0.2) is 0 Å². The van der Waals surface area contributed by atoms with E-state index in [4.69, 9.17) is 0 Å². The first-order valence-electron chi connectivity index (χ1n) is 8.57. The van der Waals surface area contributed by atoms with E-state index in [1.807, 2.05) is 36.9 Å². The minimum atomic E-state index is -3.56. The summed E-state index contributed by atoms with van der Waals surface area (Å²) < 4.78 is 26.2. The number of rotatable bonds is 4. The lowest BCUT2D eigenvalue weighted by atomic mass is 10.1. The molecule has 0 aromatic heterocycles. The average Bonchev–Trinajstić information content (AvgIpc) is 2.78. The molecule has 1 saturated heterocycles. The Morgan fingerprint density at radius 1 is 1.12 bits per heavy atom. The number of nitrogens with zero attached hydrogens (tertiary/aromatic N) is 2. The fourth-order valence-corrected chi connectivity index (χ4v) is 4.51. The van der Waals surface area contributed by atoms with Crippen molar-refractivity contribution in [3.05, 3.63) is 29.3 Å². The van der Waals surface area contributed by atoms with Crippen LogP contribution in [0.3, 0.4) is 0 Å². The molecule has 0 bridgehead atoms. The van der Waals surface area contributed by atoms with Crippen LogP contribution in [0.25, 0.3) is 0 Å². The minimum Gasteiger partial charge on any atom is -0.341 e. The SMILES string of the molecule is Cc1ccc(C)c(N([C@@H](C)C(=O)N2CCCCCC2)S(C)(=O)=O)c1. The average molecular weight is 353 g/mol. The minimum absolute atomic E-state index is 0.108. The number of sulfonamides is 1. The molecule has 1 atom stereocenters. The van der Waals surface area contributed by atoms with Gasteiger partial charge in [0.25, 0.3) is 0 Å². The van der Waals surface area contributed by atoms with Gasteiger partial charge in [0.1, 0.15) is 6.04 Å². The van der Waals surface area contributed by atoms with Gasteiger partial charge in [0, 0.05) is 13.1 Å². The van der Waals surface area contributed by atoms with Crippen molar-refractivity contribution in [1.82, 2.24) is 4.90 Å². The summed E-state index contributed by atoms with van der Waals surface area (Å²) in [5, 5.41) is 0. The molecule has 0 radical (unpaired) electrons. The van der Waals surface area contributed by atoms with Gasteiger partial charge in [-0.05, 0) is 50.8 Å². The molecule has 0 N–H and O–H groups in total. The van der Waals surface area contributed by atoms with Crippen molar-refractivity contribution in [3.63, 3.8) is 0 Å². The van der Waals surface area contributed by atoms with E-state index in [9.17, 15) is 13.2 Å². The van der Waals surface area contributed by atoms with E-state index < -0.39 is 16.1 Å². The molecular formula is C18H28N2O3S. The Kier molecular flexibility index (Phi) is 5.91. The molecule has 1 aliphatic rings. The van der Waals surface area contributed by atoms with Crippen LogP contribution < -0.4 is 4.31 Å². The van der Waals surface area contributed by atoms with Gasteiger partial charge in [0.05, 0.1) is 11.9 Å². The summed E-state index contributed by atoms with van der Waals surface area (Å²) in [6, 6.07) is 4.94. The van der Waals surface area contributed by atoms with Crippen LogP contribution in [-0.2, 0) is 14.8 Å². The number of hydrogen-bond donors (Lipinski definition) is 0. The topological polar surface area (TPSA) is 57.7 Å². The highest BCUT2D eigenvalue weighted by molar-refractivity contribution is 7.92. The molecule has 24 heavy (non-hydrogen) atoms. The fraction of sp³-hybridized carbons (Fsp3) is 0.611. The van der Waals surface area contributed by atoms with Crippen LogP contribution in [0, 0.1) is 13.8 Å². The summed E-state index contributed by atoms with van der Waals surface area (Å²) in [6.07, 6.45) is 5.40. The number of aryl methyl sites for hydroxylation is 2. The zero-order valence-electron chi connectivity index (χ0n) is 15.1. The first kappa shape index (κ1) is 18.8. The predicted molar refractivity (Wildman–Crippen MR) is 97.7 cm³/mol. The van der Waals surface area contributed by atoms with E-state index in [2.05, 4.69) is 0 Å². The lowest BCUT2D eigenvalue weighted by Crippen LogP contribution is -2.50. The molecule has 0 aliphatic carbocycles. The number of benzene rings is 1. The normalized spacial score (nSPS) is 17.2. The summed E-state index contributed by atoms with van der Waals surface area (Å²) in [5.74, 6) is -0.108. The summed E-state index contributed by atoms with van der Waals surface area (Å²) in [7, 11) is -3.56. The molecule has 6 heteroatoms. The van der Waals surface area contributed by atoms with Gasteiger partial charge in [0.2, 0.25) is 15.9 Å². The molecule has 1 fully saturated rings. The van der Waals surface area contributed by atoms with E-state index >= 15 is 0 Å². The highest BCUT2D eigenvalue weighted by atomic mass is 32.2. The van der Waals surface area contributed by atoms with Crippen LogP contribution in [0.1, 0.15) is 43.7 Å². The van der Waals surface area contributed by atoms with Crippen molar-refractivity contribution in [2.45, 2.75) is 52.5 Å². The predicted octanol–water partition coefficient (Wildman–Crippen LogP) is 2.86. The van der Waals surface area contributed by atoms with Crippen molar-refractivity contribution >= 4 is 21.6 Å². The smallest absolute Gasteiger partial charge is 0.246 e. The maximum atomic E-state index is 12.9. The third kappa shape index (κ3) is 4.29. The molecule has 0 unspecified atom stereocenters. The number of likely N-dealkylation sites (tertiary alicyclic amines) is 1. The number of carbonyl (C=O) groups excluding carboxylic acids is 1. The fourth-order valence-electron chi connectivity index (χ4n) is 3.29. The van der Waals surface area contributed by atoms with Crippen LogP contribution in [0.2, 0.25) is 0 Å². The third-order valence-electron chi connectivity index (χ3n) is 4.59. The largest absolute Gasteiger partial charge is 0.341 e. The van der Waals surface area contributed by atoms with Gasteiger partial charge in [-0.2, -0.15) is 0 Å². The van der Waals surface area contributed by atoms with Gasteiger partial charge in [-0.1, -0.05) is 25.0 Å². The Morgan fingerprint density at radius 3 is 2.25 bits per heavy atom. The molecular weight excluding hydrogens is 324 g/mol. The summed E-state index contributed by atoms with van der Waals surface area (Å²) >= 11 is 0. The van der Waals surface area contributed by atoms with Crippen molar-refractivity contribution < 1.29 is 13.2 Å². The van der Waals surface area contributed by atoms with Crippen molar-refractivity contribution in [2.24, 2.45) is 0 Å². The highest BCUT2D eigenvalue weighted by Crippen LogP contribution is 2.27. The second-order valence-electron chi connectivity index (χ2n) is 6.76. The van der Waals surface area contributed by atoms with Crippen LogP contribution >= 0.6 is 0 Å². The number of anilines is 1. The maximum Gasteiger partial charge on any atom is 0.246 e. The Morgan fingerprint density at radius 2 is 1.71 bits per heavy atom. The van der Waals surface area contributed by atoms with Crippen LogP contribution in [0.15, 0.2) is 18.2 Å². The van der Waals surface area contributed by atoms with Gasteiger partial charge >= 0.3 is 0 Å². The van der Waals surface area contributed by atoms with E-state index in [0.29, 0.717) is 18.8 Å². The van der Waals surface area contributed by atoms with Crippen LogP contribution in [-0.4, -0.2) is 44.6 Å². The molecule has 2 rings (SSSR count). The summed E-state index contributed by atoms with van der Waals surface area (Å²) in [4.78, 5) is 14.7. The standard InChI is InChI=1S/C18H28N2O3S/c1-14-9-10-15(2)17(13-14)20(24(4,22)23)16(3)18(21)19-11-7-5-6-8-12-19/h9-10,13,16H,5-8,11-12H2,1-4H3/t16-/m0/s1. The molecule has 0 saturated carbocycles. The van der Waals surface area contributed by atoms with E-state index in [1.165, 1.54) is 10.6 Å². The Bertz CT molecular complexity index is 692. The first-order valence-corrected chi connectivity index (χ1v) is 10.4. The molecule has 1 aromatic carbocycles. The Hall–Kier alpha value is -1.56. The molecule has 1 amide bonds. The summed E-state index contributed by atoms with van der Waals surface area (Å²) in [5.41, 5.74) is 2.41. The number of carbonyl (C=O) groups is 1. The Labute approximate surface area is 145 Å². The monoisotopic (exact) mass is 352 g/mol. The quantitative estimate of drug-likeness (QED) is 0.837. The van der Waals surface area contributed by atoms with Crippen LogP contribution in [0.4, 0.5) is 5.69 Å². The maximum absolute atomic E-state index is 12.9. The second-order valence-corrected chi connectivity index (χ2v) is 8.62. The third-order valence-corrected chi connectivity index (χ3v) is 5.81. The molecule has 5 nitrogen and oxygen atoms in total. The number of hydrogen-bond acceptors (Lipinski definition) is 3. The van der Waals surface area contributed by atoms with Crippen molar-refractivity contribution in [3.8, 4) is 0 Å². The molecule has 1 heterocycles. The molecule has 134 valence electrons. The van der Waals surface area contributed by atoms with Crippen molar-refractivity contribution in [2.75, 3.05) is 23.7 Å². The van der Waals surface area contributed by atoms with Crippen LogP contribution in [0.5, 0.6) is 0 Å². The lowest BCUT2D eigenvalue weighted by Gasteiger charge is -2.33. The molecule has 1 aliphatic heterocycles. The zero-order chi connectivity index (χ0) is 17.9. The lowest BCUT2D eigenvalue weighted by molar-refractivity contribution is -0.131. The van der Waals surface area contributed by atoms with E-state index in [0.717, 1.165) is 36.8 Å². The summed E-state index contributed by atoms with van der Waals surface area (Å²) in [6.45, 7) is 6.91. The first-order chi connectivity index (χ1) is 11.2. The van der Waals surface area contributed by atoms with Gasteiger partial charge < -0.3 is 4.90 Å². The van der Waals surface area contributed by atoms with E-state index in [-0.39, 0.29) is 5.91 Å².